The standard InChI is InChI=1S/C16H23N5O3S/c1-10-6-5-7-21(8-10)11(22)9-25-15-17-13-12(18(15)2)14(23)20(4)16(24)19(13)3/h10H,5-9H2,1-4H3. The summed E-state index contributed by atoms with van der Waals surface area (Å²) >= 11 is 1.30. The van der Waals surface area contributed by atoms with Crippen molar-refractivity contribution in [3.8, 4) is 0 Å². The zero-order valence-electron chi connectivity index (χ0n) is 15.0. The Hall–Kier alpha value is -2.03. The van der Waals surface area contributed by atoms with E-state index in [0.29, 0.717) is 22.2 Å². The summed E-state index contributed by atoms with van der Waals surface area (Å²) in [6, 6.07) is 0. The Labute approximate surface area is 149 Å². The van der Waals surface area contributed by atoms with Crippen molar-refractivity contribution < 1.29 is 4.79 Å². The predicted molar refractivity (Wildman–Crippen MR) is 96.9 cm³/mol. The van der Waals surface area contributed by atoms with Crippen LogP contribution in [0.5, 0.6) is 0 Å². The van der Waals surface area contributed by atoms with Crippen LogP contribution in [0.2, 0.25) is 0 Å². The maximum Gasteiger partial charge on any atom is 0.332 e. The molecule has 136 valence electrons. The third-order valence-electron chi connectivity index (χ3n) is 4.77. The summed E-state index contributed by atoms with van der Waals surface area (Å²) in [5.74, 6) is 0.902. The number of carbonyl (C=O) groups is 1. The van der Waals surface area contributed by atoms with E-state index in [0.717, 1.165) is 24.1 Å². The first-order chi connectivity index (χ1) is 11.8. The molecular weight excluding hydrogens is 342 g/mol. The van der Waals surface area contributed by atoms with Crippen LogP contribution in [-0.2, 0) is 25.9 Å². The molecule has 1 saturated heterocycles. The molecule has 1 atom stereocenters. The molecule has 0 radical (unpaired) electrons. The lowest BCUT2D eigenvalue weighted by molar-refractivity contribution is -0.130. The third-order valence-corrected chi connectivity index (χ3v) is 5.78. The van der Waals surface area contributed by atoms with Gasteiger partial charge in [0.15, 0.2) is 16.3 Å². The van der Waals surface area contributed by atoms with Crippen LogP contribution in [-0.4, -0.2) is 48.3 Å². The van der Waals surface area contributed by atoms with E-state index in [2.05, 4.69) is 11.9 Å². The minimum absolute atomic E-state index is 0.0883. The fraction of sp³-hybridized carbons (Fsp3) is 0.625. The molecule has 3 heterocycles. The van der Waals surface area contributed by atoms with Gasteiger partial charge in [0.25, 0.3) is 5.56 Å². The second kappa shape index (κ2) is 6.70. The summed E-state index contributed by atoms with van der Waals surface area (Å²) in [6.45, 7) is 3.77. The van der Waals surface area contributed by atoms with Crippen LogP contribution in [0, 0.1) is 5.92 Å². The number of aryl methyl sites for hydroxylation is 2. The molecule has 9 heteroatoms. The average Bonchev–Trinajstić information content (AvgIpc) is 2.92. The molecule has 1 aliphatic rings. The quantitative estimate of drug-likeness (QED) is 0.732. The molecule has 0 N–H and O–H groups in total. The molecule has 25 heavy (non-hydrogen) atoms. The summed E-state index contributed by atoms with van der Waals surface area (Å²) in [7, 11) is 4.77. The van der Waals surface area contributed by atoms with E-state index in [9.17, 15) is 14.4 Å². The van der Waals surface area contributed by atoms with Gasteiger partial charge in [-0.3, -0.25) is 18.7 Å². The molecule has 8 nitrogen and oxygen atoms in total. The molecule has 2 aromatic heterocycles. The molecule has 3 rings (SSSR count). The number of rotatable bonds is 3. The van der Waals surface area contributed by atoms with Crippen molar-refractivity contribution in [2.75, 3.05) is 18.8 Å². The largest absolute Gasteiger partial charge is 0.342 e. The van der Waals surface area contributed by atoms with Gasteiger partial charge in [-0.25, -0.2) is 9.78 Å². The molecule has 0 aliphatic carbocycles. The highest BCUT2D eigenvalue weighted by molar-refractivity contribution is 7.99. The number of hydrogen-bond donors (Lipinski definition) is 0. The van der Waals surface area contributed by atoms with Crippen LogP contribution < -0.4 is 11.2 Å². The molecule has 2 aromatic rings. The van der Waals surface area contributed by atoms with Crippen LogP contribution in [0.25, 0.3) is 11.2 Å². The maximum atomic E-state index is 12.4. The Morgan fingerprint density at radius 1 is 1.20 bits per heavy atom. The van der Waals surface area contributed by atoms with Crippen molar-refractivity contribution in [3.05, 3.63) is 20.8 Å². The molecule has 0 spiro atoms. The lowest BCUT2D eigenvalue weighted by atomic mass is 10.0. The van der Waals surface area contributed by atoms with E-state index < -0.39 is 5.69 Å². The Kier molecular flexibility index (Phi) is 4.77. The first-order valence-corrected chi connectivity index (χ1v) is 9.32. The van der Waals surface area contributed by atoms with Gasteiger partial charge < -0.3 is 9.47 Å². The van der Waals surface area contributed by atoms with Crippen molar-refractivity contribution in [2.24, 2.45) is 27.1 Å². The summed E-state index contributed by atoms with van der Waals surface area (Å²) < 4.78 is 4.08. The highest BCUT2D eigenvalue weighted by Crippen LogP contribution is 2.22. The van der Waals surface area contributed by atoms with Gasteiger partial charge in [0.2, 0.25) is 5.91 Å². The lowest BCUT2D eigenvalue weighted by Crippen LogP contribution is -2.40. The zero-order valence-corrected chi connectivity index (χ0v) is 15.8. The Morgan fingerprint density at radius 2 is 1.92 bits per heavy atom. The van der Waals surface area contributed by atoms with Crippen LogP contribution in [0.1, 0.15) is 19.8 Å². The van der Waals surface area contributed by atoms with Crippen molar-refractivity contribution in [1.82, 2.24) is 23.6 Å². The minimum atomic E-state index is -0.412. The van der Waals surface area contributed by atoms with E-state index in [1.807, 2.05) is 4.90 Å². The molecule has 1 fully saturated rings. The topological polar surface area (TPSA) is 82.1 Å². The van der Waals surface area contributed by atoms with Crippen molar-refractivity contribution in [2.45, 2.75) is 24.9 Å². The number of aromatic nitrogens is 4. The van der Waals surface area contributed by atoms with Gasteiger partial charge in [-0.05, 0) is 18.8 Å². The summed E-state index contributed by atoms with van der Waals surface area (Å²) in [4.78, 5) is 43.1. The van der Waals surface area contributed by atoms with Gasteiger partial charge in [-0.1, -0.05) is 18.7 Å². The smallest absolute Gasteiger partial charge is 0.332 e. The maximum absolute atomic E-state index is 12.4. The van der Waals surface area contributed by atoms with Crippen LogP contribution in [0.3, 0.4) is 0 Å². The number of thioether (sulfide) groups is 1. The van der Waals surface area contributed by atoms with Gasteiger partial charge in [0.1, 0.15) is 0 Å². The van der Waals surface area contributed by atoms with Gasteiger partial charge in [-0.2, -0.15) is 0 Å². The van der Waals surface area contributed by atoms with Crippen molar-refractivity contribution >= 4 is 28.8 Å². The highest BCUT2D eigenvalue weighted by Gasteiger charge is 2.22. The second-order valence-corrected chi connectivity index (χ2v) is 7.65. The van der Waals surface area contributed by atoms with Crippen LogP contribution in [0.15, 0.2) is 14.7 Å². The predicted octanol–water partition coefficient (Wildman–Crippen LogP) is 0.321. The van der Waals surface area contributed by atoms with Crippen LogP contribution in [0.4, 0.5) is 0 Å². The number of fused-ring (bicyclic) bond motifs is 1. The van der Waals surface area contributed by atoms with Gasteiger partial charge in [-0.15, -0.1) is 0 Å². The normalized spacial score (nSPS) is 18.1. The summed E-state index contributed by atoms with van der Waals surface area (Å²) in [6.07, 6.45) is 2.21. The average molecular weight is 365 g/mol. The Balaban J connectivity index is 1.85. The van der Waals surface area contributed by atoms with E-state index >= 15 is 0 Å². The fourth-order valence-electron chi connectivity index (χ4n) is 3.26. The van der Waals surface area contributed by atoms with E-state index in [4.69, 9.17) is 0 Å². The van der Waals surface area contributed by atoms with E-state index in [1.165, 1.54) is 29.8 Å². The number of carbonyl (C=O) groups excluding carboxylic acids is 1. The number of nitrogens with zero attached hydrogens (tertiary/aromatic N) is 5. The molecule has 0 aromatic carbocycles. The second-order valence-electron chi connectivity index (χ2n) is 6.71. The van der Waals surface area contributed by atoms with Crippen molar-refractivity contribution in [3.63, 3.8) is 0 Å². The van der Waals surface area contributed by atoms with E-state index in [1.54, 1.807) is 18.7 Å². The zero-order chi connectivity index (χ0) is 18.3. The monoisotopic (exact) mass is 365 g/mol. The van der Waals surface area contributed by atoms with Gasteiger partial charge in [0.05, 0.1) is 5.75 Å². The molecule has 1 unspecified atom stereocenters. The first kappa shape index (κ1) is 17.8. The molecule has 1 aliphatic heterocycles. The first-order valence-electron chi connectivity index (χ1n) is 8.34. The van der Waals surface area contributed by atoms with Gasteiger partial charge >= 0.3 is 5.69 Å². The Morgan fingerprint density at radius 3 is 2.60 bits per heavy atom. The summed E-state index contributed by atoms with van der Waals surface area (Å²) in [5, 5.41) is 0.562. The number of hydrogen-bond acceptors (Lipinski definition) is 5. The molecular formula is C16H23N5O3S. The minimum Gasteiger partial charge on any atom is -0.342 e. The number of likely N-dealkylation sites (tertiary alicyclic amines) is 1. The van der Waals surface area contributed by atoms with E-state index in [-0.39, 0.29) is 17.2 Å². The fourth-order valence-corrected chi connectivity index (χ4v) is 4.13. The number of piperidine rings is 1. The van der Waals surface area contributed by atoms with Crippen molar-refractivity contribution in [1.29, 1.82) is 0 Å². The number of imidazole rings is 1. The highest BCUT2D eigenvalue weighted by atomic mass is 32.2. The molecule has 0 saturated carbocycles. The third kappa shape index (κ3) is 3.12. The van der Waals surface area contributed by atoms with Crippen LogP contribution >= 0.6 is 11.8 Å². The number of amides is 1. The molecule has 0 bridgehead atoms. The summed E-state index contributed by atoms with van der Waals surface area (Å²) in [5.41, 5.74) is -0.0788. The lowest BCUT2D eigenvalue weighted by Gasteiger charge is -2.30. The van der Waals surface area contributed by atoms with Gasteiger partial charge in [0, 0.05) is 34.2 Å². The SMILES string of the molecule is CC1CCCN(C(=O)CSc2nc3c(c(=O)n(C)c(=O)n3C)n2C)C1. The Bertz CT molecular complexity index is 942. The molecule has 1 amide bonds.